The van der Waals surface area contributed by atoms with Gasteiger partial charge in [0.25, 0.3) is 0 Å². The third-order valence-electron chi connectivity index (χ3n) is 2.16. The average molecular weight is 332 g/mol. The van der Waals surface area contributed by atoms with Crippen LogP contribution in [0.3, 0.4) is 0 Å². The highest BCUT2D eigenvalue weighted by Gasteiger charge is 2.02. The summed E-state index contributed by atoms with van der Waals surface area (Å²) < 4.78 is 0.947. The fourth-order valence-electron chi connectivity index (χ4n) is 1.42. The third-order valence-corrected chi connectivity index (χ3v) is 3.09. The molecule has 3 N–H and O–H groups in total. The van der Waals surface area contributed by atoms with Crippen molar-refractivity contribution in [1.29, 1.82) is 0 Å². The van der Waals surface area contributed by atoms with E-state index in [1.165, 1.54) is 0 Å². The lowest BCUT2D eigenvalue weighted by Gasteiger charge is -2.10. The van der Waals surface area contributed by atoms with E-state index >= 15 is 0 Å². The molecule has 0 atom stereocenters. The molecule has 0 saturated carbocycles. The Morgan fingerprint density at radius 3 is 2.29 bits per heavy atom. The summed E-state index contributed by atoms with van der Waals surface area (Å²) in [5.41, 5.74) is 8.12. The number of nitrogens with two attached hydrogens (primary N) is 1. The van der Waals surface area contributed by atoms with Crippen LogP contribution in [0.1, 0.15) is 0 Å². The van der Waals surface area contributed by atoms with Gasteiger partial charge in [-0.2, -0.15) is 0 Å². The maximum atomic E-state index is 5.92. The van der Waals surface area contributed by atoms with Gasteiger partial charge in [0.2, 0.25) is 0 Å². The quantitative estimate of drug-likeness (QED) is 0.753. The van der Waals surface area contributed by atoms with E-state index in [2.05, 4.69) is 21.2 Å². The SMILES string of the molecule is Nc1ccc(Br)cc1Nc1cc(Cl)cc(Cl)c1. The number of hydrogen-bond donors (Lipinski definition) is 2. The highest BCUT2D eigenvalue weighted by atomic mass is 79.9. The molecule has 0 amide bonds. The van der Waals surface area contributed by atoms with Crippen molar-refractivity contribution in [3.8, 4) is 0 Å². The first-order valence-electron chi connectivity index (χ1n) is 4.83. The smallest absolute Gasteiger partial charge is 0.0629 e. The predicted octanol–water partition coefficient (Wildman–Crippen LogP) is 5.08. The second-order valence-corrected chi connectivity index (χ2v) is 5.30. The van der Waals surface area contributed by atoms with Gasteiger partial charge < -0.3 is 11.1 Å². The molecule has 0 unspecified atom stereocenters. The van der Waals surface area contributed by atoms with Gasteiger partial charge in [-0.25, -0.2) is 0 Å². The van der Waals surface area contributed by atoms with Crippen LogP contribution in [-0.4, -0.2) is 0 Å². The van der Waals surface area contributed by atoms with Gasteiger partial charge in [0.1, 0.15) is 0 Å². The number of benzene rings is 2. The molecular formula is C12H9BrCl2N2. The van der Waals surface area contributed by atoms with E-state index < -0.39 is 0 Å². The van der Waals surface area contributed by atoms with E-state index in [9.17, 15) is 0 Å². The Bertz CT molecular complexity index is 538. The maximum Gasteiger partial charge on any atom is 0.0629 e. The second-order valence-electron chi connectivity index (χ2n) is 3.51. The Labute approximate surface area is 118 Å². The predicted molar refractivity (Wildman–Crippen MR) is 78.3 cm³/mol. The Hall–Kier alpha value is -0.900. The molecule has 17 heavy (non-hydrogen) atoms. The third kappa shape index (κ3) is 3.28. The maximum absolute atomic E-state index is 5.92. The van der Waals surface area contributed by atoms with E-state index in [1.54, 1.807) is 18.2 Å². The molecule has 0 spiro atoms. The topological polar surface area (TPSA) is 38.0 Å². The molecular weight excluding hydrogens is 323 g/mol. The summed E-state index contributed by atoms with van der Waals surface area (Å²) in [7, 11) is 0. The van der Waals surface area contributed by atoms with Gasteiger partial charge in [-0.05, 0) is 36.4 Å². The fraction of sp³-hybridized carbons (Fsp3) is 0. The van der Waals surface area contributed by atoms with Gasteiger partial charge in [-0.1, -0.05) is 39.1 Å². The molecule has 0 heterocycles. The number of anilines is 3. The number of nitrogen functional groups attached to an aromatic ring is 1. The summed E-state index contributed by atoms with van der Waals surface area (Å²) in [4.78, 5) is 0. The van der Waals surface area contributed by atoms with Crippen molar-refractivity contribution in [2.24, 2.45) is 0 Å². The fourth-order valence-corrected chi connectivity index (χ4v) is 2.31. The van der Waals surface area contributed by atoms with Crippen LogP contribution >= 0.6 is 39.1 Å². The van der Waals surface area contributed by atoms with Gasteiger partial charge in [-0.3, -0.25) is 0 Å². The van der Waals surface area contributed by atoms with Crippen molar-refractivity contribution in [2.75, 3.05) is 11.1 Å². The van der Waals surface area contributed by atoms with E-state index in [0.717, 1.165) is 15.8 Å². The normalized spacial score (nSPS) is 10.3. The molecule has 2 rings (SSSR count). The number of nitrogens with one attached hydrogen (secondary N) is 1. The van der Waals surface area contributed by atoms with Crippen LogP contribution in [0.4, 0.5) is 17.1 Å². The monoisotopic (exact) mass is 330 g/mol. The van der Waals surface area contributed by atoms with Gasteiger partial charge >= 0.3 is 0 Å². The van der Waals surface area contributed by atoms with E-state index in [0.29, 0.717) is 15.7 Å². The van der Waals surface area contributed by atoms with Gasteiger partial charge in [0.15, 0.2) is 0 Å². The van der Waals surface area contributed by atoms with Crippen LogP contribution in [0.2, 0.25) is 10.0 Å². The molecule has 0 fully saturated rings. The number of halogens is 3. The lowest BCUT2D eigenvalue weighted by Crippen LogP contribution is -1.96. The molecule has 0 aliphatic carbocycles. The van der Waals surface area contributed by atoms with Gasteiger partial charge in [0.05, 0.1) is 11.4 Å². The van der Waals surface area contributed by atoms with Crippen molar-refractivity contribution in [3.63, 3.8) is 0 Å². The first-order valence-corrected chi connectivity index (χ1v) is 6.37. The van der Waals surface area contributed by atoms with E-state index in [1.807, 2.05) is 18.2 Å². The summed E-state index contributed by atoms with van der Waals surface area (Å²) in [5.74, 6) is 0. The van der Waals surface area contributed by atoms with Crippen molar-refractivity contribution < 1.29 is 0 Å². The first kappa shape index (κ1) is 12.6. The molecule has 2 aromatic carbocycles. The van der Waals surface area contributed by atoms with Crippen LogP contribution < -0.4 is 11.1 Å². The Morgan fingerprint density at radius 2 is 1.65 bits per heavy atom. The molecule has 5 heteroatoms. The first-order chi connectivity index (χ1) is 8.04. The Kier molecular flexibility index (Phi) is 3.82. The summed E-state index contributed by atoms with van der Waals surface area (Å²) in [6.07, 6.45) is 0. The molecule has 88 valence electrons. The molecule has 0 aromatic heterocycles. The second kappa shape index (κ2) is 5.17. The molecule has 0 radical (unpaired) electrons. The average Bonchev–Trinajstić information content (AvgIpc) is 2.22. The van der Waals surface area contributed by atoms with Crippen molar-refractivity contribution in [2.45, 2.75) is 0 Å². The van der Waals surface area contributed by atoms with Crippen LogP contribution in [0, 0.1) is 0 Å². The summed E-state index contributed by atoms with van der Waals surface area (Å²) in [6, 6.07) is 10.8. The van der Waals surface area contributed by atoms with Crippen molar-refractivity contribution in [1.82, 2.24) is 0 Å². The highest BCUT2D eigenvalue weighted by molar-refractivity contribution is 9.10. The van der Waals surface area contributed by atoms with Crippen molar-refractivity contribution >= 4 is 56.2 Å². The molecule has 0 bridgehead atoms. The molecule has 2 nitrogen and oxygen atoms in total. The standard InChI is InChI=1S/C12H9BrCl2N2/c13-7-1-2-11(16)12(3-7)17-10-5-8(14)4-9(15)6-10/h1-6,17H,16H2. The van der Waals surface area contributed by atoms with Crippen molar-refractivity contribution in [3.05, 3.63) is 50.9 Å². The minimum absolute atomic E-state index is 0.577. The number of rotatable bonds is 2. The Morgan fingerprint density at radius 1 is 1.00 bits per heavy atom. The van der Waals surface area contributed by atoms with Gasteiger partial charge in [0, 0.05) is 20.2 Å². The highest BCUT2D eigenvalue weighted by Crippen LogP contribution is 2.29. The van der Waals surface area contributed by atoms with Crippen LogP contribution in [0.5, 0.6) is 0 Å². The minimum Gasteiger partial charge on any atom is -0.397 e. The molecule has 0 saturated heterocycles. The minimum atomic E-state index is 0.577. The van der Waals surface area contributed by atoms with E-state index in [-0.39, 0.29) is 0 Å². The summed E-state index contributed by atoms with van der Waals surface area (Å²) >= 11 is 15.2. The lowest BCUT2D eigenvalue weighted by atomic mass is 10.2. The molecule has 0 aliphatic heterocycles. The van der Waals surface area contributed by atoms with Gasteiger partial charge in [-0.15, -0.1) is 0 Å². The number of hydrogen-bond acceptors (Lipinski definition) is 2. The zero-order valence-electron chi connectivity index (χ0n) is 8.68. The zero-order chi connectivity index (χ0) is 12.4. The summed E-state index contributed by atoms with van der Waals surface area (Å²) in [5, 5.41) is 4.33. The zero-order valence-corrected chi connectivity index (χ0v) is 11.8. The Balaban J connectivity index is 2.34. The molecule has 0 aliphatic rings. The largest absolute Gasteiger partial charge is 0.397 e. The summed E-state index contributed by atoms with van der Waals surface area (Å²) in [6.45, 7) is 0. The van der Waals surface area contributed by atoms with Crippen LogP contribution in [0.15, 0.2) is 40.9 Å². The lowest BCUT2D eigenvalue weighted by molar-refractivity contribution is 1.53. The van der Waals surface area contributed by atoms with E-state index in [4.69, 9.17) is 28.9 Å². The molecule has 2 aromatic rings. The van der Waals surface area contributed by atoms with Crippen LogP contribution in [-0.2, 0) is 0 Å². The van der Waals surface area contributed by atoms with Crippen LogP contribution in [0.25, 0.3) is 0 Å².